The van der Waals surface area contributed by atoms with E-state index in [1.807, 2.05) is 18.2 Å². The summed E-state index contributed by atoms with van der Waals surface area (Å²) in [5, 5.41) is 12.1. The Morgan fingerprint density at radius 2 is 2.15 bits per heavy atom. The molecule has 0 aliphatic carbocycles. The number of rotatable bonds is 3. The molecule has 1 aliphatic rings. The van der Waals surface area contributed by atoms with Gasteiger partial charge in [0, 0.05) is 24.2 Å². The third-order valence-corrected chi connectivity index (χ3v) is 4.02. The van der Waals surface area contributed by atoms with E-state index in [4.69, 9.17) is 15.7 Å². The molecular weight excluding hydrogens is 254 g/mol. The molecule has 0 amide bonds. The second-order valence-corrected chi connectivity index (χ2v) is 5.55. The van der Waals surface area contributed by atoms with E-state index in [0.717, 1.165) is 30.0 Å². The van der Waals surface area contributed by atoms with Crippen molar-refractivity contribution < 1.29 is 9.94 Å². The molecule has 20 heavy (non-hydrogen) atoms. The first-order chi connectivity index (χ1) is 9.56. The van der Waals surface area contributed by atoms with Crippen LogP contribution in [0.2, 0.25) is 0 Å². The van der Waals surface area contributed by atoms with Gasteiger partial charge in [-0.05, 0) is 37.8 Å². The van der Waals surface area contributed by atoms with Gasteiger partial charge in [-0.15, -0.1) is 0 Å². The SMILES string of the molecule is COc1ccc(/C(N)=N/O)c(N2CC(C)CCC2C)c1. The number of hydrogen-bond acceptors (Lipinski definition) is 4. The van der Waals surface area contributed by atoms with Gasteiger partial charge < -0.3 is 20.6 Å². The van der Waals surface area contributed by atoms with E-state index < -0.39 is 0 Å². The van der Waals surface area contributed by atoms with Gasteiger partial charge in [0.15, 0.2) is 5.84 Å². The van der Waals surface area contributed by atoms with Gasteiger partial charge in [0.1, 0.15) is 5.75 Å². The summed E-state index contributed by atoms with van der Waals surface area (Å²) in [6.07, 6.45) is 2.38. The molecule has 5 nitrogen and oxygen atoms in total. The van der Waals surface area contributed by atoms with Gasteiger partial charge in [-0.25, -0.2) is 0 Å². The maximum Gasteiger partial charge on any atom is 0.172 e. The van der Waals surface area contributed by atoms with Crippen LogP contribution < -0.4 is 15.4 Å². The van der Waals surface area contributed by atoms with Crippen molar-refractivity contribution >= 4 is 11.5 Å². The molecule has 5 heteroatoms. The number of benzene rings is 1. The molecule has 2 unspecified atom stereocenters. The van der Waals surface area contributed by atoms with Crippen molar-refractivity contribution in [2.75, 3.05) is 18.6 Å². The van der Waals surface area contributed by atoms with Crippen LogP contribution >= 0.6 is 0 Å². The highest BCUT2D eigenvalue weighted by Crippen LogP contribution is 2.32. The Bertz CT molecular complexity index is 502. The molecule has 2 atom stereocenters. The summed E-state index contributed by atoms with van der Waals surface area (Å²) in [5.74, 6) is 1.55. The average Bonchev–Trinajstić information content (AvgIpc) is 2.48. The molecule has 2 rings (SSSR count). The number of nitrogens with zero attached hydrogens (tertiary/aromatic N) is 2. The molecular formula is C15H23N3O2. The lowest BCUT2D eigenvalue weighted by Gasteiger charge is -2.39. The van der Waals surface area contributed by atoms with Crippen molar-refractivity contribution in [1.29, 1.82) is 0 Å². The van der Waals surface area contributed by atoms with E-state index >= 15 is 0 Å². The molecule has 3 N–H and O–H groups in total. The largest absolute Gasteiger partial charge is 0.497 e. The number of ether oxygens (including phenoxy) is 1. The zero-order valence-corrected chi connectivity index (χ0v) is 12.3. The van der Waals surface area contributed by atoms with Crippen LogP contribution in [0.5, 0.6) is 5.75 Å². The third kappa shape index (κ3) is 2.81. The lowest BCUT2D eigenvalue weighted by atomic mass is 9.93. The molecule has 1 aromatic carbocycles. The minimum Gasteiger partial charge on any atom is -0.497 e. The Morgan fingerprint density at radius 3 is 2.80 bits per heavy atom. The predicted octanol–water partition coefficient (Wildman–Crippen LogP) is 2.41. The number of methoxy groups -OCH3 is 1. The maximum atomic E-state index is 8.97. The van der Waals surface area contributed by atoms with Crippen LogP contribution in [0.4, 0.5) is 5.69 Å². The Labute approximate surface area is 120 Å². The van der Waals surface area contributed by atoms with Crippen LogP contribution in [0, 0.1) is 5.92 Å². The first-order valence-corrected chi connectivity index (χ1v) is 6.99. The Hall–Kier alpha value is -1.91. The number of hydrogen-bond donors (Lipinski definition) is 2. The monoisotopic (exact) mass is 277 g/mol. The molecule has 0 bridgehead atoms. The maximum absolute atomic E-state index is 8.97. The lowest BCUT2D eigenvalue weighted by Crippen LogP contribution is -2.42. The van der Waals surface area contributed by atoms with Gasteiger partial charge in [-0.2, -0.15) is 0 Å². The van der Waals surface area contributed by atoms with Crippen molar-refractivity contribution in [2.45, 2.75) is 32.7 Å². The van der Waals surface area contributed by atoms with Gasteiger partial charge in [-0.1, -0.05) is 12.1 Å². The van der Waals surface area contributed by atoms with E-state index in [9.17, 15) is 0 Å². The van der Waals surface area contributed by atoms with Crippen LogP contribution in [0.1, 0.15) is 32.3 Å². The average molecular weight is 277 g/mol. The third-order valence-electron chi connectivity index (χ3n) is 4.02. The zero-order chi connectivity index (χ0) is 14.7. The van der Waals surface area contributed by atoms with E-state index in [1.54, 1.807) is 7.11 Å². The Morgan fingerprint density at radius 1 is 1.40 bits per heavy atom. The van der Waals surface area contributed by atoms with Crippen LogP contribution in [-0.2, 0) is 0 Å². The van der Waals surface area contributed by atoms with E-state index in [0.29, 0.717) is 12.0 Å². The van der Waals surface area contributed by atoms with E-state index in [2.05, 4.69) is 23.9 Å². The first kappa shape index (κ1) is 14.5. The van der Waals surface area contributed by atoms with Crippen LogP contribution in [-0.4, -0.2) is 30.7 Å². The molecule has 0 spiro atoms. The number of piperidine rings is 1. The topological polar surface area (TPSA) is 71.1 Å². The highest BCUT2D eigenvalue weighted by atomic mass is 16.5. The summed E-state index contributed by atoms with van der Waals surface area (Å²) in [5.41, 5.74) is 7.52. The van der Waals surface area contributed by atoms with Gasteiger partial charge in [-0.3, -0.25) is 0 Å². The number of oxime groups is 1. The van der Waals surface area contributed by atoms with E-state index in [1.165, 1.54) is 6.42 Å². The smallest absolute Gasteiger partial charge is 0.172 e. The van der Waals surface area contributed by atoms with Gasteiger partial charge in [0.2, 0.25) is 0 Å². The fourth-order valence-electron chi connectivity index (χ4n) is 2.77. The van der Waals surface area contributed by atoms with Gasteiger partial charge >= 0.3 is 0 Å². The molecule has 110 valence electrons. The molecule has 1 aliphatic heterocycles. The normalized spacial score (nSPS) is 23.8. The molecule has 1 fully saturated rings. The van der Waals surface area contributed by atoms with Crippen molar-refractivity contribution in [3.05, 3.63) is 23.8 Å². The van der Waals surface area contributed by atoms with Crippen LogP contribution in [0.3, 0.4) is 0 Å². The van der Waals surface area contributed by atoms with E-state index in [-0.39, 0.29) is 5.84 Å². The lowest BCUT2D eigenvalue weighted by molar-refractivity contribution is 0.318. The predicted molar refractivity (Wildman–Crippen MR) is 80.7 cm³/mol. The van der Waals surface area contributed by atoms with Crippen molar-refractivity contribution in [2.24, 2.45) is 16.8 Å². The summed E-state index contributed by atoms with van der Waals surface area (Å²) < 4.78 is 5.31. The number of anilines is 1. The second-order valence-electron chi connectivity index (χ2n) is 5.55. The summed E-state index contributed by atoms with van der Waals surface area (Å²) >= 11 is 0. The highest BCUT2D eigenvalue weighted by Gasteiger charge is 2.26. The molecule has 1 saturated heterocycles. The minimum atomic E-state index is 0.132. The summed E-state index contributed by atoms with van der Waals surface area (Å²) in [4.78, 5) is 2.32. The van der Waals surface area contributed by atoms with Crippen molar-refractivity contribution in [3.63, 3.8) is 0 Å². The molecule has 0 aromatic heterocycles. The summed E-state index contributed by atoms with van der Waals surface area (Å²) in [7, 11) is 1.64. The molecule has 0 radical (unpaired) electrons. The molecule has 0 saturated carbocycles. The van der Waals surface area contributed by atoms with Crippen molar-refractivity contribution in [3.8, 4) is 5.75 Å². The summed E-state index contributed by atoms with van der Waals surface area (Å²) in [6.45, 7) is 5.43. The zero-order valence-electron chi connectivity index (χ0n) is 12.3. The fourth-order valence-corrected chi connectivity index (χ4v) is 2.77. The second kappa shape index (κ2) is 6.03. The van der Waals surface area contributed by atoms with Gasteiger partial charge in [0.25, 0.3) is 0 Å². The summed E-state index contributed by atoms with van der Waals surface area (Å²) in [6, 6.07) is 6.06. The van der Waals surface area contributed by atoms with Crippen LogP contribution in [0.15, 0.2) is 23.4 Å². The number of amidine groups is 1. The standard InChI is InChI=1S/C15H23N3O2/c1-10-4-5-11(2)18(9-10)14-8-12(20-3)6-7-13(14)15(16)17-19/h6-8,10-11,19H,4-5,9H2,1-3H3,(H2,16,17). The Kier molecular flexibility index (Phi) is 4.37. The molecule has 1 aromatic rings. The quantitative estimate of drug-likeness (QED) is 0.385. The first-order valence-electron chi connectivity index (χ1n) is 6.99. The number of nitrogens with two attached hydrogens (primary N) is 1. The molecule has 1 heterocycles. The highest BCUT2D eigenvalue weighted by molar-refractivity contribution is 6.02. The van der Waals surface area contributed by atoms with Crippen LogP contribution in [0.25, 0.3) is 0 Å². The van der Waals surface area contributed by atoms with Crippen molar-refractivity contribution in [1.82, 2.24) is 0 Å². The minimum absolute atomic E-state index is 0.132. The van der Waals surface area contributed by atoms with Gasteiger partial charge in [0.05, 0.1) is 12.8 Å². The Balaban J connectivity index is 2.46. The fraction of sp³-hybridized carbons (Fsp3) is 0.533.